The molecule has 0 aliphatic heterocycles. The smallest absolute Gasteiger partial charge is 0.141 e. The molecular formula is C17H15ClN4O. The zero-order valence-electron chi connectivity index (χ0n) is 12.6. The molecule has 0 aliphatic carbocycles. The third-order valence-corrected chi connectivity index (χ3v) is 3.94. The molecule has 0 fully saturated rings. The zero-order valence-corrected chi connectivity index (χ0v) is 13.3. The molecule has 2 N–H and O–H groups in total. The second-order valence-corrected chi connectivity index (χ2v) is 5.45. The number of methoxy groups -OCH3 is 1. The summed E-state index contributed by atoms with van der Waals surface area (Å²) in [4.78, 5) is 4.66. The SMILES string of the molecule is COc1ccc(-c2nc3cc(C#N)ccc3n2CCN)cc1Cl. The molecule has 5 nitrogen and oxygen atoms in total. The van der Waals surface area contributed by atoms with E-state index >= 15 is 0 Å². The molecule has 0 spiro atoms. The molecule has 0 aliphatic rings. The van der Waals surface area contributed by atoms with Gasteiger partial charge < -0.3 is 15.0 Å². The molecule has 23 heavy (non-hydrogen) atoms. The molecule has 1 aromatic heterocycles. The van der Waals surface area contributed by atoms with Crippen LogP contribution < -0.4 is 10.5 Å². The number of fused-ring (bicyclic) bond motifs is 1. The number of nitrogens with two attached hydrogens (primary N) is 1. The average Bonchev–Trinajstić information content (AvgIpc) is 2.93. The predicted octanol–water partition coefficient (Wildman–Crippen LogP) is 3.20. The molecule has 2 aromatic carbocycles. The van der Waals surface area contributed by atoms with Crippen LogP contribution in [0.1, 0.15) is 5.56 Å². The van der Waals surface area contributed by atoms with Crippen LogP contribution in [0.4, 0.5) is 0 Å². The van der Waals surface area contributed by atoms with Crippen LogP contribution in [0.15, 0.2) is 36.4 Å². The summed E-state index contributed by atoms with van der Waals surface area (Å²) in [5.41, 5.74) is 8.90. The second-order valence-electron chi connectivity index (χ2n) is 5.04. The molecule has 3 rings (SSSR count). The Morgan fingerprint density at radius 3 is 2.78 bits per heavy atom. The van der Waals surface area contributed by atoms with Gasteiger partial charge in [0.25, 0.3) is 0 Å². The molecule has 0 saturated carbocycles. The van der Waals surface area contributed by atoms with E-state index in [9.17, 15) is 0 Å². The van der Waals surface area contributed by atoms with Crippen LogP contribution in [0.5, 0.6) is 5.75 Å². The second kappa shape index (κ2) is 6.29. The summed E-state index contributed by atoms with van der Waals surface area (Å²) in [6, 6.07) is 13.1. The Bertz CT molecular complexity index is 911. The van der Waals surface area contributed by atoms with Crippen molar-refractivity contribution in [1.82, 2.24) is 9.55 Å². The standard InChI is InChI=1S/C17H15ClN4O/c1-23-16-5-3-12(9-13(16)18)17-21-14-8-11(10-20)2-4-15(14)22(17)7-6-19/h2-5,8-9H,6-7,19H2,1H3. The van der Waals surface area contributed by atoms with Crippen molar-refractivity contribution in [3.05, 3.63) is 47.0 Å². The first-order valence-electron chi connectivity index (χ1n) is 7.12. The topological polar surface area (TPSA) is 76.9 Å². The summed E-state index contributed by atoms with van der Waals surface area (Å²) in [6.45, 7) is 1.11. The number of hydrogen-bond donors (Lipinski definition) is 1. The molecule has 0 bridgehead atoms. The van der Waals surface area contributed by atoms with E-state index < -0.39 is 0 Å². The van der Waals surface area contributed by atoms with Gasteiger partial charge in [-0.25, -0.2) is 4.98 Å². The average molecular weight is 327 g/mol. The van der Waals surface area contributed by atoms with Crippen molar-refractivity contribution in [2.45, 2.75) is 6.54 Å². The van der Waals surface area contributed by atoms with Crippen LogP contribution in [-0.4, -0.2) is 23.2 Å². The van der Waals surface area contributed by atoms with E-state index in [1.807, 2.05) is 28.8 Å². The Balaban J connectivity index is 2.21. The zero-order chi connectivity index (χ0) is 16.4. The molecule has 6 heteroatoms. The van der Waals surface area contributed by atoms with Crippen LogP contribution in [0.25, 0.3) is 22.4 Å². The Morgan fingerprint density at radius 1 is 1.30 bits per heavy atom. The van der Waals surface area contributed by atoms with Gasteiger partial charge in [0.1, 0.15) is 11.6 Å². The van der Waals surface area contributed by atoms with Crippen molar-refractivity contribution < 1.29 is 4.74 Å². The Morgan fingerprint density at radius 2 is 2.13 bits per heavy atom. The Kier molecular flexibility index (Phi) is 4.20. The largest absolute Gasteiger partial charge is 0.495 e. The number of nitrogens with zero attached hydrogens (tertiary/aromatic N) is 3. The number of hydrogen-bond acceptors (Lipinski definition) is 4. The van der Waals surface area contributed by atoms with Gasteiger partial charge in [0.2, 0.25) is 0 Å². The molecule has 116 valence electrons. The van der Waals surface area contributed by atoms with E-state index in [0.717, 1.165) is 22.4 Å². The van der Waals surface area contributed by atoms with Crippen LogP contribution >= 0.6 is 11.6 Å². The molecular weight excluding hydrogens is 312 g/mol. The quantitative estimate of drug-likeness (QED) is 0.798. The van der Waals surface area contributed by atoms with E-state index in [2.05, 4.69) is 11.1 Å². The summed E-state index contributed by atoms with van der Waals surface area (Å²) in [5.74, 6) is 1.38. The maximum absolute atomic E-state index is 9.05. The molecule has 1 heterocycles. The van der Waals surface area contributed by atoms with Gasteiger partial charge in [-0.2, -0.15) is 5.26 Å². The molecule has 0 atom stereocenters. The number of nitriles is 1. The van der Waals surface area contributed by atoms with Crippen molar-refractivity contribution in [3.8, 4) is 23.2 Å². The van der Waals surface area contributed by atoms with Crippen molar-refractivity contribution >= 4 is 22.6 Å². The van der Waals surface area contributed by atoms with E-state index in [1.165, 1.54) is 0 Å². The third kappa shape index (κ3) is 2.74. The lowest BCUT2D eigenvalue weighted by Gasteiger charge is -2.09. The number of ether oxygens (including phenoxy) is 1. The fourth-order valence-electron chi connectivity index (χ4n) is 2.58. The first kappa shape index (κ1) is 15.3. The van der Waals surface area contributed by atoms with E-state index in [4.69, 9.17) is 27.3 Å². The number of imidazole rings is 1. The van der Waals surface area contributed by atoms with Gasteiger partial charge in [0, 0.05) is 18.7 Å². The van der Waals surface area contributed by atoms with Crippen LogP contribution in [0.3, 0.4) is 0 Å². The van der Waals surface area contributed by atoms with Gasteiger partial charge in [-0.3, -0.25) is 0 Å². The molecule has 0 radical (unpaired) electrons. The highest BCUT2D eigenvalue weighted by atomic mass is 35.5. The van der Waals surface area contributed by atoms with Gasteiger partial charge >= 0.3 is 0 Å². The first-order valence-corrected chi connectivity index (χ1v) is 7.50. The first-order chi connectivity index (χ1) is 11.2. The fourth-order valence-corrected chi connectivity index (χ4v) is 2.84. The number of aromatic nitrogens is 2. The molecule has 0 unspecified atom stereocenters. The normalized spacial score (nSPS) is 10.7. The fraction of sp³-hybridized carbons (Fsp3) is 0.176. The minimum atomic E-state index is 0.488. The minimum Gasteiger partial charge on any atom is -0.495 e. The number of rotatable bonds is 4. The highest BCUT2D eigenvalue weighted by molar-refractivity contribution is 6.32. The maximum Gasteiger partial charge on any atom is 0.141 e. The summed E-state index contributed by atoms with van der Waals surface area (Å²) in [5, 5.41) is 9.57. The number of benzene rings is 2. The van der Waals surface area contributed by atoms with E-state index in [0.29, 0.717) is 29.4 Å². The van der Waals surface area contributed by atoms with Crippen molar-refractivity contribution in [1.29, 1.82) is 5.26 Å². The highest BCUT2D eigenvalue weighted by Gasteiger charge is 2.14. The Hall–Kier alpha value is -2.55. The van der Waals surface area contributed by atoms with E-state index in [-0.39, 0.29) is 0 Å². The molecule has 0 amide bonds. The minimum absolute atomic E-state index is 0.488. The predicted molar refractivity (Wildman–Crippen MR) is 90.5 cm³/mol. The van der Waals surface area contributed by atoms with Gasteiger partial charge in [-0.15, -0.1) is 0 Å². The van der Waals surface area contributed by atoms with Crippen LogP contribution in [-0.2, 0) is 6.54 Å². The van der Waals surface area contributed by atoms with Gasteiger partial charge in [-0.1, -0.05) is 11.6 Å². The van der Waals surface area contributed by atoms with Crippen LogP contribution in [0, 0.1) is 11.3 Å². The summed E-state index contributed by atoms with van der Waals surface area (Å²) in [7, 11) is 1.58. The summed E-state index contributed by atoms with van der Waals surface area (Å²) in [6.07, 6.45) is 0. The van der Waals surface area contributed by atoms with Crippen LogP contribution in [0.2, 0.25) is 5.02 Å². The van der Waals surface area contributed by atoms with Crippen molar-refractivity contribution in [2.24, 2.45) is 5.73 Å². The van der Waals surface area contributed by atoms with Crippen molar-refractivity contribution in [3.63, 3.8) is 0 Å². The molecule has 0 saturated heterocycles. The maximum atomic E-state index is 9.05. The van der Waals surface area contributed by atoms with E-state index in [1.54, 1.807) is 19.2 Å². The lowest BCUT2D eigenvalue weighted by Crippen LogP contribution is -2.10. The van der Waals surface area contributed by atoms with Gasteiger partial charge in [-0.05, 0) is 36.4 Å². The summed E-state index contributed by atoms with van der Waals surface area (Å²) < 4.78 is 7.22. The third-order valence-electron chi connectivity index (χ3n) is 3.64. The van der Waals surface area contributed by atoms with Crippen molar-refractivity contribution in [2.75, 3.05) is 13.7 Å². The number of halogens is 1. The lowest BCUT2D eigenvalue weighted by atomic mass is 10.2. The lowest BCUT2D eigenvalue weighted by molar-refractivity contribution is 0.415. The monoisotopic (exact) mass is 326 g/mol. The highest BCUT2D eigenvalue weighted by Crippen LogP contribution is 2.31. The van der Waals surface area contributed by atoms with Gasteiger partial charge in [0.05, 0.1) is 34.8 Å². The Labute approximate surface area is 138 Å². The molecule has 3 aromatic rings. The summed E-state index contributed by atoms with van der Waals surface area (Å²) >= 11 is 6.23. The van der Waals surface area contributed by atoms with Gasteiger partial charge in [0.15, 0.2) is 0 Å².